The van der Waals surface area contributed by atoms with E-state index in [1.807, 2.05) is 13.8 Å². The number of hydrogen-bond donors (Lipinski definition) is 2. The van der Waals surface area contributed by atoms with E-state index in [4.69, 9.17) is 4.74 Å². The van der Waals surface area contributed by atoms with E-state index in [1.54, 1.807) is 7.11 Å². The summed E-state index contributed by atoms with van der Waals surface area (Å²) >= 11 is 0. The number of methoxy groups -OCH3 is 1. The van der Waals surface area contributed by atoms with Gasteiger partial charge in [0, 0.05) is 38.5 Å². The number of aliphatic imine (C=N–C) groups is 1. The first kappa shape index (κ1) is 18.3. The minimum Gasteiger partial charge on any atom is -0.383 e. The van der Waals surface area contributed by atoms with Crippen LogP contribution < -0.4 is 10.6 Å². The number of nitrogens with zero attached hydrogens (tertiary/aromatic N) is 3. The van der Waals surface area contributed by atoms with E-state index >= 15 is 0 Å². The third-order valence-electron chi connectivity index (χ3n) is 2.72. The van der Waals surface area contributed by atoms with Crippen molar-refractivity contribution in [3.8, 4) is 0 Å². The van der Waals surface area contributed by atoms with Gasteiger partial charge in [0.05, 0.1) is 13.2 Å². The van der Waals surface area contributed by atoms with Crippen LogP contribution >= 0.6 is 0 Å². The van der Waals surface area contributed by atoms with E-state index < -0.39 is 11.9 Å². The van der Waals surface area contributed by atoms with Crippen LogP contribution in [0, 0.1) is 0 Å². The summed E-state index contributed by atoms with van der Waals surface area (Å²) in [5, 5.41) is 9.50. The van der Waals surface area contributed by atoms with Gasteiger partial charge in [0.2, 0.25) is 0 Å². The fraction of sp³-hybridized carbons (Fsp3) is 0.692. The molecule has 0 aliphatic rings. The molecule has 0 fully saturated rings. The highest BCUT2D eigenvalue weighted by atomic mass is 19.4. The Morgan fingerprint density at radius 2 is 2.18 bits per heavy atom. The van der Waals surface area contributed by atoms with E-state index in [2.05, 4.69) is 20.7 Å². The van der Waals surface area contributed by atoms with Gasteiger partial charge in [-0.25, -0.2) is 4.99 Å². The maximum absolute atomic E-state index is 12.9. The van der Waals surface area contributed by atoms with Crippen LogP contribution in [-0.2, 0) is 24.5 Å². The van der Waals surface area contributed by atoms with Crippen molar-refractivity contribution in [1.82, 2.24) is 20.4 Å². The van der Waals surface area contributed by atoms with Gasteiger partial charge in [-0.05, 0) is 13.8 Å². The molecule has 0 radical (unpaired) electrons. The first-order chi connectivity index (χ1) is 10.3. The molecule has 9 heteroatoms. The minimum absolute atomic E-state index is 0.0150. The van der Waals surface area contributed by atoms with E-state index in [1.165, 1.54) is 13.2 Å². The van der Waals surface area contributed by atoms with Crippen molar-refractivity contribution < 1.29 is 17.9 Å². The first-order valence-corrected chi connectivity index (χ1v) is 6.91. The van der Waals surface area contributed by atoms with Crippen molar-refractivity contribution in [3.05, 3.63) is 17.5 Å². The van der Waals surface area contributed by atoms with Gasteiger partial charge in [-0.15, -0.1) is 0 Å². The van der Waals surface area contributed by atoms with Crippen molar-refractivity contribution in [1.29, 1.82) is 0 Å². The van der Waals surface area contributed by atoms with Gasteiger partial charge in [-0.2, -0.15) is 18.3 Å². The van der Waals surface area contributed by atoms with Crippen molar-refractivity contribution >= 4 is 5.96 Å². The average molecular weight is 321 g/mol. The topological polar surface area (TPSA) is 63.5 Å². The lowest BCUT2D eigenvalue weighted by Crippen LogP contribution is -2.43. The molecule has 1 aromatic heterocycles. The third kappa shape index (κ3) is 5.55. The standard InChI is InChI=1S/C13H22F3N5O/c1-5-17-12(19-9(2)8-22-4)18-6-10-7-21(3)20-11(10)13(14,15)16/h7,9H,5-6,8H2,1-4H3,(H2,17,18,19). The SMILES string of the molecule is CCNC(=NCc1cn(C)nc1C(F)(F)F)NC(C)COC. The zero-order chi connectivity index (χ0) is 16.8. The second-order valence-corrected chi connectivity index (χ2v) is 4.87. The summed E-state index contributed by atoms with van der Waals surface area (Å²) in [5.41, 5.74) is -0.869. The molecule has 0 aliphatic carbocycles. The molecule has 2 N–H and O–H groups in total. The number of aryl methyl sites for hydroxylation is 1. The Hall–Kier alpha value is -1.77. The summed E-state index contributed by atoms with van der Waals surface area (Å²) in [6.07, 6.45) is -3.16. The molecule has 1 atom stereocenters. The van der Waals surface area contributed by atoms with Gasteiger partial charge in [0.15, 0.2) is 11.7 Å². The summed E-state index contributed by atoms with van der Waals surface area (Å²) in [6.45, 7) is 4.72. The Morgan fingerprint density at radius 1 is 1.50 bits per heavy atom. The fourth-order valence-corrected chi connectivity index (χ4v) is 1.90. The van der Waals surface area contributed by atoms with Crippen molar-refractivity contribution in [2.24, 2.45) is 12.0 Å². The highest BCUT2D eigenvalue weighted by molar-refractivity contribution is 5.80. The molecule has 0 amide bonds. The molecular formula is C13H22F3N5O. The molecule has 1 aromatic rings. The molecular weight excluding hydrogens is 299 g/mol. The van der Waals surface area contributed by atoms with Crippen molar-refractivity contribution in [2.45, 2.75) is 32.6 Å². The maximum atomic E-state index is 12.9. The zero-order valence-electron chi connectivity index (χ0n) is 13.2. The Kier molecular flexibility index (Phi) is 6.66. The monoisotopic (exact) mass is 321 g/mol. The lowest BCUT2D eigenvalue weighted by molar-refractivity contribution is -0.142. The molecule has 0 saturated heterocycles. The van der Waals surface area contributed by atoms with E-state index in [0.717, 1.165) is 4.68 Å². The highest BCUT2D eigenvalue weighted by Gasteiger charge is 2.36. The van der Waals surface area contributed by atoms with Crippen LogP contribution in [0.25, 0.3) is 0 Å². The fourth-order valence-electron chi connectivity index (χ4n) is 1.90. The van der Waals surface area contributed by atoms with Crippen LogP contribution in [0.5, 0.6) is 0 Å². The van der Waals surface area contributed by atoms with Crippen LogP contribution in [-0.4, -0.2) is 42.0 Å². The molecule has 126 valence electrons. The average Bonchev–Trinajstić information content (AvgIpc) is 2.78. The summed E-state index contributed by atoms with van der Waals surface area (Å²) in [6, 6.07) is -0.0150. The molecule has 0 aliphatic heterocycles. The smallest absolute Gasteiger partial charge is 0.383 e. The van der Waals surface area contributed by atoms with Gasteiger partial charge in [-0.1, -0.05) is 0 Å². The van der Waals surface area contributed by atoms with Gasteiger partial charge in [-0.3, -0.25) is 4.68 Å². The summed E-state index contributed by atoms with van der Waals surface area (Å²) < 4.78 is 44.8. The van der Waals surface area contributed by atoms with E-state index in [9.17, 15) is 13.2 Å². The molecule has 0 spiro atoms. The molecule has 6 nitrogen and oxygen atoms in total. The number of rotatable bonds is 6. The number of alkyl halides is 3. The van der Waals surface area contributed by atoms with Crippen molar-refractivity contribution in [2.75, 3.05) is 20.3 Å². The minimum atomic E-state index is -4.48. The van der Waals surface area contributed by atoms with Gasteiger partial charge in [0.25, 0.3) is 0 Å². The highest BCUT2D eigenvalue weighted by Crippen LogP contribution is 2.30. The lowest BCUT2D eigenvalue weighted by atomic mass is 10.2. The Labute approximate surface area is 127 Å². The van der Waals surface area contributed by atoms with E-state index in [-0.39, 0.29) is 18.2 Å². The second-order valence-electron chi connectivity index (χ2n) is 4.87. The quantitative estimate of drug-likeness (QED) is 0.616. The van der Waals surface area contributed by atoms with Gasteiger partial charge in [0.1, 0.15) is 0 Å². The third-order valence-corrected chi connectivity index (χ3v) is 2.72. The molecule has 1 heterocycles. The summed E-state index contributed by atoms with van der Waals surface area (Å²) in [7, 11) is 3.03. The summed E-state index contributed by atoms with van der Waals surface area (Å²) in [4.78, 5) is 4.18. The van der Waals surface area contributed by atoms with Crippen LogP contribution in [0.15, 0.2) is 11.2 Å². The molecule has 0 saturated carbocycles. The normalized spacial score (nSPS) is 14.0. The Balaban J connectivity index is 2.86. The first-order valence-electron chi connectivity index (χ1n) is 6.91. The zero-order valence-corrected chi connectivity index (χ0v) is 13.2. The second kappa shape index (κ2) is 8.02. The van der Waals surface area contributed by atoms with Crippen LogP contribution in [0.1, 0.15) is 25.1 Å². The lowest BCUT2D eigenvalue weighted by Gasteiger charge is -2.17. The molecule has 0 bridgehead atoms. The van der Waals surface area contributed by atoms with Gasteiger partial charge < -0.3 is 15.4 Å². The largest absolute Gasteiger partial charge is 0.435 e. The number of ether oxygens (including phenoxy) is 1. The summed E-state index contributed by atoms with van der Waals surface area (Å²) in [5.74, 6) is 0.434. The van der Waals surface area contributed by atoms with Crippen LogP contribution in [0.3, 0.4) is 0 Å². The van der Waals surface area contributed by atoms with Crippen LogP contribution in [0.2, 0.25) is 0 Å². The Bertz CT molecular complexity index is 498. The Morgan fingerprint density at radius 3 is 2.73 bits per heavy atom. The number of halogens is 3. The number of nitrogens with one attached hydrogen (secondary N) is 2. The molecule has 0 aromatic carbocycles. The molecule has 1 rings (SSSR count). The van der Waals surface area contributed by atoms with E-state index in [0.29, 0.717) is 19.1 Å². The van der Waals surface area contributed by atoms with Gasteiger partial charge >= 0.3 is 6.18 Å². The number of guanidine groups is 1. The predicted octanol–water partition coefficient (Wildman–Crippen LogP) is 1.53. The number of aromatic nitrogens is 2. The molecule has 1 unspecified atom stereocenters. The number of hydrogen-bond acceptors (Lipinski definition) is 3. The molecule has 22 heavy (non-hydrogen) atoms. The predicted molar refractivity (Wildman–Crippen MR) is 77.5 cm³/mol. The van der Waals surface area contributed by atoms with Crippen molar-refractivity contribution in [3.63, 3.8) is 0 Å². The maximum Gasteiger partial charge on any atom is 0.435 e. The van der Waals surface area contributed by atoms with Crippen LogP contribution in [0.4, 0.5) is 13.2 Å².